The molecular weight excluding hydrogens is 414 g/mol. The fourth-order valence-electron chi connectivity index (χ4n) is 2.99. The second-order valence-electron chi connectivity index (χ2n) is 7.59. The number of amides is 2. The molecule has 2 aromatic rings. The maximum Gasteiger partial charge on any atom is 0.251 e. The van der Waals surface area contributed by atoms with Gasteiger partial charge in [0.05, 0.1) is 4.90 Å². The Morgan fingerprint density at radius 2 is 1.61 bits per heavy atom. The van der Waals surface area contributed by atoms with Gasteiger partial charge in [-0.3, -0.25) is 9.59 Å². The highest BCUT2D eigenvalue weighted by atomic mass is 32.2. The van der Waals surface area contributed by atoms with Crippen LogP contribution in [0.3, 0.4) is 0 Å². The van der Waals surface area contributed by atoms with Crippen LogP contribution in [-0.2, 0) is 21.4 Å². The molecule has 0 aliphatic rings. The van der Waals surface area contributed by atoms with E-state index >= 15 is 0 Å². The van der Waals surface area contributed by atoms with Crippen LogP contribution in [0.4, 0.5) is 5.69 Å². The molecule has 0 atom stereocenters. The fraction of sp³-hybridized carbons (Fsp3) is 0.391. The lowest BCUT2D eigenvalue weighted by Crippen LogP contribution is -2.31. The first-order valence-electron chi connectivity index (χ1n) is 10.4. The van der Waals surface area contributed by atoms with Crippen LogP contribution in [0.5, 0.6) is 0 Å². The third-order valence-corrected chi connectivity index (χ3v) is 7.04. The first-order valence-corrected chi connectivity index (χ1v) is 11.8. The molecule has 0 fully saturated rings. The Balaban J connectivity index is 2.11. The molecule has 2 rings (SSSR count). The summed E-state index contributed by atoms with van der Waals surface area (Å²) >= 11 is 0. The molecular formula is C23H31N3O4S. The van der Waals surface area contributed by atoms with Gasteiger partial charge in [-0.25, -0.2) is 8.42 Å². The Hall–Kier alpha value is -2.71. The van der Waals surface area contributed by atoms with Crippen molar-refractivity contribution in [1.29, 1.82) is 0 Å². The summed E-state index contributed by atoms with van der Waals surface area (Å²) in [4.78, 5) is 24.6. The summed E-state index contributed by atoms with van der Waals surface area (Å²) in [5.41, 5.74) is 2.58. The highest BCUT2D eigenvalue weighted by molar-refractivity contribution is 7.89. The van der Waals surface area contributed by atoms with Crippen molar-refractivity contribution in [1.82, 2.24) is 9.62 Å². The minimum atomic E-state index is -3.64. The topological polar surface area (TPSA) is 95.6 Å². The molecule has 0 radical (unpaired) electrons. The predicted octanol–water partition coefficient (Wildman–Crippen LogP) is 3.55. The predicted molar refractivity (Wildman–Crippen MR) is 122 cm³/mol. The fourth-order valence-corrected chi connectivity index (χ4v) is 4.47. The van der Waals surface area contributed by atoms with Gasteiger partial charge in [0.2, 0.25) is 15.9 Å². The summed E-state index contributed by atoms with van der Waals surface area (Å²) in [5.74, 6) is -0.508. The molecule has 0 saturated carbocycles. The Morgan fingerprint density at radius 3 is 2.16 bits per heavy atom. The average Bonchev–Trinajstić information content (AvgIpc) is 2.73. The Bertz CT molecular complexity index is 1030. The molecule has 7 nitrogen and oxygen atoms in total. The lowest BCUT2D eigenvalue weighted by Gasteiger charge is -2.19. The molecule has 2 amide bonds. The maximum atomic E-state index is 12.8. The Morgan fingerprint density at radius 1 is 1.00 bits per heavy atom. The normalized spacial score (nSPS) is 11.6. The zero-order chi connectivity index (χ0) is 23.2. The number of nitrogens with zero attached hydrogens (tertiary/aromatic N) is 1. The van der Waals surface area contributed by atoms with Crippen LogP contribution < -0.4 is 10.6 Å². The molecule has 31 heavy (non-hydrogen) atoms. The van der Waals surface area contributed by atoms with E-state index in [9.17, 15) is 18.0 Å². The standard InChI is InChI=1S/C23H31N3O4S/c1-6-26(7-2)31(29,30)20-13-8-17(5)21(14-20)23(28)24-15-18-9-11-19(12-10-18)25-22(27)16(3)4/h8-14,16H,6-7,15H2,1-5H3,(H,24,28)(H,25,27). The lowest BCUT2D eigenvalue weighted by molar-refractivity contribution is -0.118. The SMILES string of the molecule is CCN(CC)S(=O)(=O)c1ccc(C)c(C(=O)NCc2ccc(NC(=O)C(C)C)cc2)c1. The molecule has 0 unspecified atom stereocenters. The van der Waals surface area contributed by atoms with Crippen LogP contribution in [0, 0.1) is 12.8 Å². The quantitative estimate of drug-likeness (QED) is 0.617. The van der Waals surface area contributed by atoms with Crippen molar-refractivity contribution < 1.29 is 18.0 Å². The zero-order valence-electron chi connectivity index (χ0n) is 18.7. The molecule has 0 aromatic heterocycles. The second kappa shape index (κ2) is 10.5. The van der Waals surface area contributed by atoms with Gasteiger partial charge in [-0.2, -0.15) is 4.31 Å². The van der Waals surface area contributed by atoms with Gasteiger partial charge in [-0.1, -0.05) is 45.9 Å². The maximum absolute atomic E-state index is 12.8. The van der Waals surface area contributed by atoms with Gasteiger partial charge < -0.3 is 10.6 Å². The van der Waals surface area contributed by atoms with E-state index in [0.717, 1.165) is 5.56 Å². The smallest absolute Gasteiger partial charge is 0.251 e. The van der Waals surface area contributed by atoms with Crippen LogP contribution >= 0.6 is 0 Å². The molecule has 0 spiro atoms. The largest absolute Gasteiger partial charge is 0.348 e. The number of carbonyl (C=O) groups excluding carboxylic acids is 2. The number of anilines is 1. The van der Waals surface area contributed by atoms with Gasteiger partial charge >= 0.3 is 0 Å². The molecule has 2 aromatic carbocycles. The van der Waals surface area contributed by atoms with E-state index < -0.39 is 10.0 Å². The first-order chi connectivity index (χ1) is 14.6. The molecule has 8 heteroatoms. The zero-order valence-corrected chi connectivity index (χ0v) is 19.5. The van der Waals surface area contributed by atoms with E-state index in [2.05, 4.69) is 10.6 Å². The van der Waals surface area contributed by atoms with Crippen molar-refractivity contribution in [2.24, 2.45) is 5.92 Å². The highest BCUT2D eigenvalue weighted by Gasteiger charge is 2.23. The number of benzene rings is 2. The monoisotopic (exact) mass is 445 g/mol. The minimum Gasteiger partial charge on any atom is -0.348 e. The number of hydrogen-bond acceptors (Lipinski definition) is 4. The number of carbonyl (C=O) groups is 2. The van der Waals surface area contributed by atoms with Crippen molar-refractivity contribution in [3.05, 3.63) is 59.2 Å². The summed E-state index contributed by atoms with van der Waals surface area (Å²) in [6.45, 7) is 9.99. The van der Waals surface area contributed by atoms with Crippen LogP contribution in [0.2, 0.25) is 0 Å². The van der Waals surface area contributed by atoms with Gasteiger partial charge in [-0.15, -0.1) is 0 Å². The number of rotatable bonds is 9. The summed E-state index contributed by atoms with van der Waals surface area (Å²) in [6.07, 6.45) is 0. The lowest BCUT2D eigenvalue weighted by atomic mass is 10.1. The van der Waals surface area contributed by atoms with Crippen molar-refractivity contribution in [3.8, 4) is 0 Å². The molecule has 168 valence electrons. The number of aryl methyl sites for hydroxylation is 1. The first kappa shape index (κ1) is 24.6. The van der Waals surface area contributed by atoms with Gasteiger partial charge in [0.15, 0.2) is 0 Å². The second-order valence-corrected chi connectivity index (χ2v) is 9.53. The molecule has 0 saturated heterocycles. The van der Waals surface area contributed by atoms with Crippen molar-refractivity contribution in [2.45, 2.75) is 46.1 Å². The van der Waals surface area contributed by atoms with Gasteiger partial charge in [-0.05, 0) is 42.3 Å². The summed E-state index contributed by atoms with van der Waals surface area (Å²) in [5, 5.41) is 5.65. The van der Waals surface area contributed by atoms with E-state index in [1.54, 1.807) is 39.0 Å². The summed E-state index contributed by atoms with van der Waals surface area (Å²) in [7, 11) is -3.64. The van der Waals surface area contributed by atoms with E-state index in [1.165, 1.54) is 16.4 Å². The van der Waals surface area contributed by atoms with Crippen molar-refractivity contribution in [3.63, 3.8) is 0 Å². The van der Waals surface area contributed by atoms with Crippen LogP contribution in [0.15, 0.2) is 47.4 Å². The summed E-state index contributed by atoms with van der Waals surface area (Å²) < 4.78 is 26.9. The van der Waals surface area contributed by atoms with E-state index in [-0.39, 0.29) is 29.2 Å². The third-order valence-electron chi connectivity index (χ3n) is 5.00. The van der Waals surface area contributed by atoms with Crippen molar-refractivity contribution in [2.75, 3.05) is 18.4 Å². The van der Waals surface area contributed by atoms with Crippen LogP contribution in [-0.4, -0.2) is 37.6 Å². The number of hydrogen-bond donors (Lipinski definition) is 2. The Kier molecular flexibility index (Phi) is 8.36. The van der Waals surface area contributed by atoms with E-state index in [1.807, 2.05) is 26.0 Å². The molecule has 0 aliphatic heterocycles. The molecule has 0 aliphatic carbocycles. The summed E-state index contributed by atoms with van der Waals surface area (Å²) in [6, 6.07) is 11.8. The Labute approximate surface area is 184 Å². The van der Waals surface area contributed by atoms with Gasteiger partial charge in [0.1, 0.15) is 0 Å². The number of sulfonamides is 1. The highest BCUT2D eigenvalue weighted by Crippen LogP contribution is 2.20. The minimum absolute atomic E-state index is 0.0592. The molecule has 0 bridgehead atoms. The van der Waals surface area contributed by atoms with Crippen molar-refractivity contribution >= 4 is 27.5 Å². The van der Waals surface area contributed by atoms with E-state index in [4.69, 9.17) is 0 Å². The van der Waals surface area contributed by atoms with Gasteiger partial charge in [0, 0.05) is 36.8 Å². The van der Waals surface area contributed by atoms with Crippen LogP contribution in [0.1, 0.15) is 49.2 Å². The van der Waals surface area contributed by atoms with Crippen LogP contribution in [0.25, 0.3) is 0 Å². The third kappa shape index (κ3) is 6.15. The van der Waals surface area contributed by atoms with E-state index in [0.29, 0.717) is 29.9 Å². The van der Waals surface area contributed by atoms with Gasteiger partial charge in [0.25, 0.3) is 5.91 Å². The molecule has 0 heterocycles. The molecule has 2 N–H and O–H groups in total. The number of nitrogens with one attached hydrogen (secondary N) is 2. The average molecular weight is 446 g/mol.